The second kappa shape index (κ2) is 8.29. The van der Waals surface area contributed by atoms with E-state index in [4.69, 9.17) is 11.6 Å². The quantitative estimate of drug-likeness (QED) is 0.632. The molecule has 6 nitrogen and oxygen atoms in total. The molecule has 0 spiro atoms. The number of benzene rings is 1. The van der Waals surface area contributed by atoms with Crippen LogP contribution in [0.5, 0.6) is 0 Å². The predicted molar refractivity (Wildman–Crippen MR) is 89.8 cm³/mol. The molecule has 4 N–H and O–H groups in total. The summed E-state index contributed by atoms with van der Waals surface area (Å²) < 4.78 is 0. The van der Waals surface area contributed by atoms with Gasteiger partial charge >= 0.3 is 0 Å². The topological polar surface area (TPSA) is 82.3 Å². The minimum absolute atomic E-state index is 0.0677. The van der Waals surface area contributed by atoms with Gasteiger partial charge in [-0.25, -0.2) is 5.43 Å². The van der Waals surface area contributed by atoms with Gasteiger partial charge in [-0.15, -0.1) is 0 Å². The molecule has 1 aliphatic rings. The number of carbonyl (C=O) groups is 2. The lowest BCUT2D eigenvalue weighted by molar-refractivity contribution is -0.121. The lowest BCUT2D eigenvalue weighted by Gasteiger charge is -2.13. The number of carbonyl (C=O) groups excluding carboxylic acids is 2. The Bertz CT molecular complexity index is 548. The first-order valence-corrected chi connectivity index (χ1v) is 8.17. The van der Waals surface area contributed by atoms with Crippen molar-refractivity contribution in [1.82, 2.24) is 21.5 Å². The summed E-state index contributed by atoms with van der Waals surface area (Å²) in [6, 6.07) is 6.97. The molecule has 2 atom stereocenters. The van der Waals surface area contributed by atoms with Gasteiger partial charge in [0, 0.05) is 29.6 Å². The maximum atomic E-state index is 11.9. The minimum atomic E-state index is -0.213. The summed E-state index contributed by atoms with van der Waals surface area (Å²) in [5, 5.41) is 6.21. The Morgan fingerprint density at radius 3 is 2.57 bits per heavy atom. The lowest BCUT2D eigenvalue weighted by atomic mass is 10.0. The van der Waals surface area contributed by atoms with Crippen LogP contribution in [0.2, 0.25) is 5.02 Å². The van der Waals surface area contributed by atoms with Crippen molar-refractivity contribution in [3.63, 3.8) is 0 Å². The molecule has 1 heterocycles. The fourth-order valence-electron chi connectivity index (χ4n) is 2.37. The predicted octanol–water partition coefficient (Wildman–Crippen LogP) is 1.42. The fourth-order valence-corrected chi connectivity index (χ4v) is 2.50. The third-order valence-corrected chi connectivity index (χ3v) is 4.07. The van der Waals surface area contributed by atoms with Crippen LogP contribution < -0.4 is 21.5 Å². The van der Waals surface area contributed by atoms with Crippen LogP contribution in [0.15, 0.2) is 24.3 Å². The Morgan fingerprint density at radius 2 is 1.96 bits per heavy atom. The molecule has 23 heavy (non-hydrogen) atoms. The van der Waals surface area contributed by atoms with E-state index in [1.807, 2.05) is 0 Å². The van der Waals surface area contributed by atoms with Crippen LogP contribution in [-0.4, -0.2) is 30.6 Å². The van der Waals surface area contributed by atoms with Crippen LogP contribution in [-0.2, 0) is 4.79 Å². The molecule has 1 aromatic rings. The molecule has 1 fully saturated rings. The minimum Gasteiger partial charge on any atom is -0.352 e. The molecule has 1 aromatic carbocycles. The summed E-state index contributed by atoms with van der Waals surface area (Å²) in [5.41, 5.74) is 6.76. The first-order valence-electron chi connectivity index (χ1n) is 7.80. The van der Waals surface area contributed by atoms with Crippen molar-refractivity contribution in [1.29, 1.82) is 0 Å². The van der Waals surface area contributed by atoms with Crippen LogP contribution in [0.4, 0.5) is 0 Å². The van der Waals surface area contributed by atoms with Crippen LogP contribution >= 0.6 is 11.6 Å². The smallest absolute Gasteiger partial charge is 0.251 e. The highest BCUT2D eigenvalue weighted by Crippen LogP contribution is 2.11. The highest BCUT2D eigenvalue weighted by Gasteiger charge is 2.26. The van der Waals surface area contributed by atoms with E-state index in [9.17, 15) is 9.59 Å². The van der Waals surface area contributed by atoms with E-state index in [1.165, 1.54) is 0 Å². The molecule has 0 radical (unpaired) electrons. The molecular weight excluding hydrogens is 316 g/mol. The Labute approximate surface area is 141 Å². The van der Waals surface area contributed by atoms with Gasteiger partial charge in [-0.1, -0.05) is 25.4 Å². The van der Waals surface area contributed by atoms with Gasteiger partial charge < -0.3 is 10.6 Å². The second-order valence-corrected chi connectivity index (χ2v) is 6.44. The van der Waals surface area contributed by atoms with E-state index in [0.717, 1.165) is 6.42 Å². The molecule has 2 amide bonds. The maximum absolute atomic E-state index is 11.9. The van der Waals surface area contributed by atoms with Crippen molar-refractivity contribution < 1.29 is 9.59 Å². The number of rotatable bonds is 6. The van der Waals surface area contributed by atoms with Gasteiger partial charge in [0.25, 0.3) is 5.91 Å². The maximum Gasteiger partial charge on any atom is 0.251 e. The third-order valence-electron chi connectivity index (χ3n) is 3.82. The summed E-state index contributed by atoms with van der Waals surface area (Å²) in [5.74, 6) is 0.197. The largest absolute Gasteiger partial charge is 0.352 e. The van der Waals surface area contributed by atoms with Gasteiger partial charge in [0.2, 0.25) is 5.91 Å². The monoisotopic (exact) mass is 338 g/mol. The van der Waals surface area contributed by atoms with Crippen LogP contribution in [0.25, 0.3) is 0 Å². The number of halogens is 1. The average Bonchev–Trinajstić information content (AvgIpc) is 2.96. The van der Waals surface area contributed by atoms with Crippen molar-refractivity contribution >= 4 is 23.4 Å². The molecule has 126 valence electrons. The van der Waals surface area contributed by atoms with E-state index in [2.05, 4.69) is 35.3 Å². The standard InChI is InChI=1S/C16H23ClN4O2/c1-10(2)13-9-14(21-20-13)19-15(22)7-8-18-16(23)11-3-5-12(17)6-4-11/h3-6,10,13-14,20-21H,7-9H2,1-2H3,(H,18,23)(H,19,22). The molecule has 7 heteroatoms. The van der Waals surface area contributed by atoms with Gasteiger partial charge in [-0.3, -0.25) is 15.0 Å². The van der Waals surface area contributed by atoms with E-state index < -0.39 is 0 Å². The van der Waals surface area contributed by atoms with Crippen molar-refractivity contribution in [2.75, 3.05) is 6.54 Å². The highest BCUT2D eigenvalue weighted by atomic mass is 35.5. The molecule has 0 aliphatic carbocycles. The van der Waals surface area contributed by atoms with Crippen LogP contribution in [0.3, 0.4) is 0 Å². The first kappa shape index (κ1) is 17.7. The van der Waals surface area contributed by atoms with Gasteiger partial charge in [0.05, 0.1) is 6.17 Å². The summed E-state index contributed by atoms with van der Waals surface area (Å²) in [6.45, 7) is 4.56. The summed E-state index contributed by atoms with van der Waals surface area (Å²) in [6.07, 6.45) is 1.02. The SMILES string of the molecule is CC(C)C1CC(NC(=O)CCNC(=O)c2ccc(Cl)cc2)NN1. The highest BCUT2D eigenvalue weighted by molar-refractivity contribution is 6.30. The Hall–Kier alpha value is -1.63. The first-order chi connectivity index (χ1) is 11.0. The third kappa shape index (κ3) is 5.49. The van der Waals surface area contributed by atoms with E-state index in [0.29, 0.717) is 29.1 Å². The molecule has 2 unspecified atom stereocenters. The Balaban J connectivity index is 1.67. The molecule has 2 rings (SSSR count). The fraction of sp³-hybridized carbons (Fsp3) is 0.500. The van der Waals surface area contributed by atoms with Crippen molar-refractivity contribution in [2.45, 2.75) is 38.9 Å². The Kier molecular flexibility index (Phi) is 6.38. The second-order valence-electron chi connectivity index (χ2n) is 6.01. The lowest BCUT2D eigenvalue weighted by Crippen LogP contribution is -2.45. The zero-order valence-electron chi connectivity index (χ0n) is 13.4. The van der Waals surface area contributed by atoms with Crippen molar-refractivity contribution in [2.24, 2.45) is 5.92 Å². The summed E-state index contributed by atoms with van der Waals surface area (Å²) >= 11 is 5.78. The number of hydrogen-bond acceptors (Lipinski definition) is 4. The Morgan fingerprint density at radius 1 is 1.26 bits per heavy atom. The van der Waals surface area contributed by atoms with E-state index in [-0.39, 0.29) is 24.4 Å². The van der Waals surface area contributed by atoms with Gasteiger partial charge in [-0.05, 0) is 36.6 Å². The average molecular weight is 339 g/mol. The molecule has 0 aromatic heterocycles. The van der Waals surface area contributed by atoms with Crippen LogP contribution in [0, 0.1) is 5.92 Å². The number of hydrazine groups is 1. The van der Waals surface area contributed by atoms with Crippen LogP contribution in [0.1, 0.15) is 37.0 Å². The zero-order valence-corrected chi connectivity index (χ0v) is 14.1. The molecule has 0 saturated carbocycles. The molecule has 1 aliphatic heterocycles. The number of nitrogens with one attached hydrogen (secondary N) is 4. The normalized spacial score (nSPS) is 20.5. The van der Waals surface area contributed by atoms with Gasteiger partial charge in [0.1, 0.15) is 0 Å². The molecular formula is C16H23ClN4O2. The van der Waals surface area contributed by atoms with E-state index >= 15 is 0 Å². The van der Waals surface area contributed by atoms with Crippen molar-refractivity contribution in [3.05, 3.63) is 34.9 Å². The van der Waals surface area contributed by atoms with Gasteiger partial charge in [0.15, 0.2) is 0 Å². The summed E-state index contributed by atoms with van der Waals surface area (Å²) in [7, 11) is 0. The van der Waals surface area contributed by atoms with Crippen molar-refractivity contribution in [3.8, 4) is 0 Å². The molecule has 1 saturated heterocycles. The summed E-state index contributed by atoms with van der Waals surface area (Å²) in [4.78, 5) is 23.8. The number of amides is 2. The number of hydrogen-bond donors (Lipinski definition) is 4. The van der Waals surface area contributed by atoms with E-state index in [1.54, 1.807) is 24.3 Å². The molecule has 0 bridgehead atoms. The van der Waals surface area contributed by atoms with Gasteiger partial charge in [-0.2, -0.15) is 0 Å². The zero-order chi connectivity index (χ0) is 16.8.